The second kappa shape index (κ2) is 3.38. The second-order valence-corrected chi connectivity index (χ2v) is 3.76. The zero-order chi connectivity index (χ0) is 7.56. The molecule has 0 aromatic carbocycles. The van der Waals surface area contributed by atoms with Crippen LogP contribution in [0.15, 0.2) is 0 Å². The first-order valence-corrected chi connectivity index (χ1v) is 4.40. The number of aliphatic hydroxyl groups is 1. The largest absolute Gasteiger partial charge is 0.393 e. The molecule has 60 valence electrons. The van der Waals surface area contributed by atoms with Crippen molar-refractivity contribution in [2.24, 2.45) is 11.8 Å². The van der Waals surface area contributed by atoms with E-state index in [9.17, 15) is 5.11 Å². The summed E-state index contributed by atoms with van der Waals surface area (Å²) in [4.78, 5) is 0. The predicted molar refractivity (Wildman–Crippen MR) is 42.8 cm³/mol. The lowest BCUT2D eigenvalue weighted by Gasteiger charge is -2.30. The van der Waals surface area contributed by atoms with Crippen LogP contribution in [0.3, 0.4) is 0 Å². The molecule has 1 unspecified atom stereocenters. The molecule has 1 aliphatic rings. The Labute approximate surface area is 63.4 Å². The molecule has 10 heavy (non-hydrogen) atoms. The average Bonchev–Trinajstić information content (AvgIpc) is 1.88. The summed E-state index contributed by atoms with van der Waals surface area (Å²) in [6.45, 7) is 4.42. The van der Waals surface area contributed by atoms with Gasteiger partial charge in [0, 0.05) is 0 Å². The van der Waals surface area contributed by atoms with Crippen molar-refractivity contribution in [2.45, 2.75) is 45.6 Å². The molecule has 0 aromatic heterocycles. The Morgan fingerprint density at radius 3 is 2.20 bits per heavy atom. The normalized spacial score (nSPS) is 34.8. The zero-order valence-electron chi connectivity index (χ0n) is 7.01. The zero-order valence-corrected chi connectivity index (χ0v) is 7.01. The van der Waals surface area contributed by atoms with E-state index >= 15 is 0 Å². The summed E-state index contributed by atoms with van der Waals surface area (Å²) in [6, 6.07) is 0. The lowest BCUT2D eigenvalue weighted by atomic mass is 9.79. The van der Waals surface area contributed by atoms with E-state index < -0.39 is 0 Å². The topological polar surface area (TPSA) is 20.2 Å². The summed E-state index contributed by atoms with van der Waals surface area (Å²) >= 11 is 0. The summed E-state index contributed by atoms with van der Waals surface area (Å²) in [5, 5.41) is 9.54. The van der Waals surface area contributed by atoms with Crippen LogP contribution in [0.2, 0.25) is 0 Å². The third kappa shape index (κ3) is 1.72. The van der Waals surface area contributed by atoms with E-state index in [2.05, 4.69) is 13.8 Å². The smallest absolute Gasteiger partial charge is 0.0570 e. The molecule has 0 saturated heterocycles. The minimum atomic E-state index is -0.00579. The highest BCUT2D eigenvalue weighted by Crippen LogP contribution is 2.29. The molecule has 1 nitrogen and oxygen atoms in total. The lowest BCUT2D eigenvalue weighted by Crippen LogP contribution is -2.28. The van der Waals surface area contributed by atoms with E-state index in [1.165, 1.54) is 19.3 Å². The fourth-order valence-corrected chi connectivity index (χ4v) is 1.92. The molecule has 0 heterocycles. The van der Waals surface area contributed by atoms with Crippen LogP contribution in [-0.2, 0) is 0 Å². The highest BCUT2D eigenvalue weighted by molar-refractivity contribution is 4.76. The predicted octanol–water partition coefficient (Wildman–Crippen LogP) is 2.19. The minimum absolute atomic E-state index is 0.00579. The monoisotopic (exact) mass is 142 g/mol. The van der Waals surface area contributed by atoms with Crippen molar-refractivity contribution in [1.82, 2.24) is 0 Å². The number of rotatable bonds is 1. The Kier molecular flexibility index (Phi) is 2.72. The van der Waals surface area contributed by atoms with Gasteiger partial charge in [-0.15, -0.1) is 0 Å². The van der Waals surface area contributed by atoms with Crippen LogP contribution >= 0.6 is 0 Å². The van der Waals surface area contributed by atoms with E-state index in [-0.39, 0.29) is 6.10 Å². The van der Waals surface area contributed by atoms with Crippen molar-refractivity contribution in [1.29, 1.82) is 0 Å². The number of aliphatic hydroxyl groups excluding tert-OH is 1. The molecule has 0 aliphatic heterocycles. The van der Waals surface area contributed by atoms with Gasteiger partial charge in [-0.3, -0.25) is 0 Å². The average molecular weight is 142 g/mol. The highest BCUT2D eigenvalue weighted by atomic mass is 16.3. The molecule has 1 fully saturated rings. The van der Waals surface area contributed by atoms with Crippen molar-refractivity contribution in [3.05, 3.63) is 0 Å². The van der Waals surface area contributed by atoms with Crippen LogP contribution < -0.4 is 0 Å². The second-order valence-electron chi connectivity index (χ2n) is 3.76. The van der Waals surface area contributed by atoms with E-state index in [1.807, 2.05) is 0 Å². The first kappa shape index (κ1) is 8.06. The van der Waals surface area contributed by atoms with Crippen LogP contribution in [0.5, 0.6) is 0 Å². The fraction of sp³-hybridized carbons (Fsp3) is 1.00. The van der Waals surface area contributed by atoms with Gasteiger partial charge in [-0.2, -0.15) is 0 Å². The van der Waals surface area contributed by atoms with Crippen LogP contribution in [0, 0.1) is 11.8 Å². The summed E-state index contributed by atoms with van der Waals surface area (Å²) in [5.74, 6) is 1.24. The Hall–Kier alpha value is -0.0400. The van der Waals surface area contributed by atoms with Crippen LogP contribution in [0.1, 0.15) is 39.5 Å². The van der Waals surface area contributed by atoms with Gasteiger partial charge in [-0.1, -0.05) is 26.7 Å². The van der Waals surface area contributed by atoms with Gasteiger partial charge in [0.25, 0.3) is 0 Å². The Bertz CT molecular complexity index is 98.9. The van der Waals surface area contributed by atoms with Crippen molar-refractivity contribution in [3.8, 4) is 0 Å². The molecule has 1 rings (SSSR count). The van der Waals surface area contributed by atoms with Gasteiger partial charge in [-0.25, -0.2) is 0 Å². The molecule has 0 aromatic rings. The number of hydrogen-bond acceptors (Lipinski definition) is 1. The Morgan fingerprint density at radius 2 is 1.80 bits per heavy atom. The molecule has 1 saturated carbocycles. The van der Waals surface area contributed by atoms with Crippen molar-refractivity contribution in [2.75, 3.05) is 0 Å². The van der Waals surface area contributed by atoms with E-state index in [1.54, 1.807) is 0 Å². The fourth-order valence-electron chi connectivity index (χ4n) is 1.92. The minimum Gasteiger partial charge on any atom is -0.393 e. The summed E-state index contributed by atoms with van der Waals surface area (Å²) in [7, 11) is 0. The Balaban J connectivity index is 2.40. The molecule has 0 amide bonds. The van der Waals surface area contributed by atoms with Gasteiger partial charge in [0.05, 0.1) is 6.10 Å². The first-order valence-electron chi connectivity index (χ1n) is 4.40. The van der Waals surface area contributed by atoms with Crippen LogP contribution in [0.25, 0.3) is 0 Å². The third-order valence-corrected chi connectivity index (χ3v) is 2.64. The maximum Gasteiger partial charge on any atom is 0.0570 e. The Morgan fingerprint density at radius 1 is 1.20 bits per heavy atom. The summed E-state index contributed by atoms with van der Waals surface area (Å²) in [5.41, 5.74) is 0. The maximum absolute atomic E-state index is 9.54. The standard InChI is InChI=1S/C9H18O/c1-7(2)8-5-3-4-6-9(8)10/h7-10H,3-6H2,1-2H3/t8-,9?/m0/s1. The third-order valence-electron chi connectivity index (χ3n) is 2.64. The summed E-state index contributed by atoms with van der Waals surface area (Å²) in [6.07, 6.45) is 4.81. The molecule has 0 radical (unpaired) electrons. The molecule has 1 heteroatoms. The van der Waals surface area contributed by atoms with Crippen molar-refractivity contribution in [3.63, 3.8) is 0 Å². The molecular formula is C9H18O. The van der Waals surface area contributed by atoms with E-state index in [0.29, 0.717) is 11.8 Å². The molecule has 0 spiro atoms. The molecule has 2 atom stereocenters. The van der Waals surface area contributed by atoms with Gasteiger partial charge >= 0.3 is 0 Å². The van der Waals surface area contributed by atoms with Crippen molar-refractivity contribution < 1.29 is 5.11 Å². The van der Waals surface area contributed by atoms with Gasteiger partial charge in [0.1, 0.15) is 0 Å². The lowest BCUT2D eigenvalue weighted by molar-refractivity contribution is 0.0456. The van der Waals surface area contributed by atoms with Crippen LogP contribution in [-0.4, -0.2) is 11.2 Å². The molecular weight excluding hydrogens is 124 g/mol. The van der Waals surface area contributed by atoms with E-state index in [4.69, 9.17) is 0 Å². The summed E-state index contributed by atoms with van der Waals surface area (Å²) < 4.78 is 0. The molecule has 1 aliphatic carbocycles. The highest BCUT2D eigenvalue weighted by Gasteiger charge is 2.24. The van der Waals surface area contributed by atoms with Gasteiger partial charge in [-0.05, 0) is 24.7 Å². The van der Waals surface area contributed by atoms with Gasteiger partial charge < -0.3 is 5.11 Å². The van der Waals surface area contributed by atoms with Crippen LogP contribution in [0.4, 0.5) is 0 Å². The van der Waals surface area contributed by atoms with Gasteiger partial charge in [0.15, 0.2) is 0 Å². The maximum atomic E-state index is 9.54. The quantitative estimate of drug-likeness (QED) is 0.595. The number of hydrogen-bond donors (Lipinski definition) is 1. The first-order chi connectivity index (χ1) is 4.72. The molecule has 0 bridgehead atoms. The molecule has 1 N–H and O–H groups in total. The van der Waals surface area contributed by atoms with E-state index in [0.717, 1.165) is 6.42 Å². The van der Waals surface area contributed by atoms with Gasteiger partial charge in [0.2, 0.25) is 0 Å². The van der Waals surface area contributed by atoms with Crippen molar-refractivity contribution >= 4 is 0 Å². The SMILES string of the molecule is CC(C)[C@@H]1CCCCC1O.